The van der Waals surface area contributed by atoms with E-state index in [1.54, 1.807) is 4.90 Å². The fourth-order valence-corrected chi connectivity index (χ4v) is 4.01. The number of carbonyl (C=O) groups is 1. The Morgan fingerprint density at radius 3 is 2.42 bits per heavy atom. The molecule has 1 aliphatic rings. The van der Waals surface area contributed by atoms with E-state index in [2.05, 4.69) is 35.3 Å². The van der Waals surface area contributed by atoms with Crippen LogP contribution in [0.2, 0.25) is 0 Å². The van der Waals surface area contributed by atoms with E-state index in [9.17, 15) is 14.7 Å². The standard InChI is InChI=1S/C17H19N3O3.C8H8N2/c1-2-5-12-6-3-4-7-13(12)11-19-8-9-20-15(17(19)23)16(22)14(21)10-18-20;1-10-8-5-3-2-4-7(8)6-9-10/h3-4,6-7,10,22H,2,5,8-9,11H2,1H3;2-6H,1H3. The predicted octanol–water partition coefficient (Wildman–Crippen LogP) is 3.13. The molecule has 0 radical (unpaired) electrons. The van der Waals surface area contributed by atoms with Crippen LogP contribution in [0, 0.1) is 0 Å². The molecule has 0 fully saturated rings. The van der Waals surface area contributed by atoms with E-state index in [0.29, 0.717) is 19.6 Å². The van der Waals surface area contributed by atoms with Crippen LogP contribution in [0.25, 0.3) is 10.9 Å². The van der Waals surface area contributed by atoms with Crippen LogP contribution in [0.5, 0.6) is 5.75 Å². The summed E-state index contributed by atoms with van der Waals surface area (Å²) in [5, 5.41) is 19.1. The van der Waals surface area contributed by atoms with Gasteiger partial charge in [0.1, 0.15) is 0 Å². The molecule has 5 rings (SSSR count). The highest BCUT2D eigenvalue weighted by molar-refractivity contribution is 5.95. The molecule has 33 heavy (non-hydrogen) atoms. The number of benzene rings is 2. The number of nitrogens with zero attached hydrogens (tertiary/aromatic N) is 5. The Morgan fingerprint density at radius 2 is 1.67 bits per heavy atom. The number of amides is 1. The Balaban J connectivity index is 0.000000214. The Labute approximate surface area is 191 Å². The van der Waals surface area contributed by atoms with Crippen molar-refractivity contribution < 1.29 is 9.90 Å². The number of hydrogen-bond acceptors (Lipinski definition) is 5. The molecule has 2 aromatic carbocycles. The van der Waals surface area contributed by atoms with Gasteiger partial charge in [-0.3, -0.25) is 19.0 Å². The van der Waals surface area contributed by atoms with E-state index in [0.717, 1.165) is 24.6 Å². The Kier molecular flexibility index (Phi) is 6.53. The molecule has 0 atom stereocenters. The second-order valence-electron chi connectivity index (χ2n) is 8.00. The van der Waals surface area contributed by atoms with Crippen LogP contribution in [0.15, 0.2) is 65.7 Å². The van der Waals surface area contributed by atoms with E-state index in [-0.39, 0.29) is 11.6 Å². The fraction of sp³-hybridized carbons (Fsp3) is 0.280. The molecule has 8 heteroatoms. The van der Waals surface area contributed by atoms with Crippen LogP contribution in [-0.2, 0) is 26.6 Å². The number of hydrogen-bond donors (Lipinski definition) is 1. The number of aryl methyl sites for hydroxylation is 2. The van der Waals surface area contributed by atoms with Crippen molar-refractivity contribution in [3.63, 3.8) is 0 Å². The van der Waals surface area contributed by atoms with E-state index in [1.165, 1.54) is 21.1 Å². The third-order valence-electron chi connectivity index (χ3n) is 5.76. The maximum absolute atomic E-state index is 12.6. The number of aromatic hydroxyl groups is 1. The maximum Gasteiger partial charge on any atom is 0.276 e. The summed E-state index contributed by atoms with van der Waals surface area (Å²) >= 11 is 0. The Bertz CT molecular complexity index is 1340. The largest absolute Gasteiger partial charge is 0.502 e. The highest BCUT2D eigenvalue weighted by Crippen LogP contribution is 2.21. The minimum atomic E-state index is -0.627. The summed E-state index contributed by atoms with van der Waals surface area (Å²) in [5.41, 5.74) is 2.86. The highest BCUT2D eigenvalue weighted by atomic mass is 16.3. The molecule has 0 aliphatic carbocycles. The highest BCUT2D eigenvalue weighted by Gasteiger charge is 2.29. The lowest BCUT2D eigenvalue weighted by molar-refractivity contribution is 0.0673. The van der Waals surface area contributed by atoms with Gasteiger partial charge in [-0.15, -0.1) is 0 Å². The second kappa shape index (κ2) is 9.68. The molecule has 0 unspecified atom stereocenters. The Morgan fingerprint density at radius 1 is 0.939 bits per heavy atom. The number of carbonyl (C=O) groups excluding carboxylic acids is 1. The van der Waals surface area contributed by atoms with Gasteiger partial charge in [0.25, 0.3) is 5.91 Å². The van der Waals surface area contributed by atoms with E-state index in [1.807, 2.05) is 48.3 Å². The minimum Gasteiger partial charge on any atom is -0.502 e. The van der Waals surface area contributed by atoms with Crippen LogP contribution >= 0.6 is 0 Å². The van der Waals surface area contributed by atoms with Crippen LogP contribution in [-0.4, -0.2) is 42.0 Å². The van der Waals surface area contributed by atoms with Crippen molar-refractivity contribution in [3.8, 4) is 5.75 Å². The first-order valence-corrected chi connectivity index (χ1v) is 11.0. The summed E-state index contributed by atoms with van der Waals surface area (Å²) in [5.74, 6) is -0.873. The number of para-hydroxylation sites is 1. The van der Waals surface area contributed by atoms with Gasteiger partial charge in [0.2, 0.25) is 5.43 Å². The lowest BCUT2D eigenvalue weighted by Gasteiger charge is -2.29. The molecular formula is C25H27N5O3. The summed E-state index contributed by atoms with van der Waals surface area (Å²) in [6.07, 6.45) is 4.91. The first-order chi connectivity index (χ1) is 16.0. The van der Waals surface area contributed by atoms with Gasteiger partial charge in [-0.1, -0.05) is 55.8 Å². The zero-order valence-electron chi connectivity index (χ0n) is 18.8. The molecule has 0 saturated heterocycles. The van der Waals surface area contributed by atoms with Crippen LogP contribution in [0.4, 0.5) is 0 Å². The summed E-state index contributed by atoms with van der Waals surface area (Å²) in [4.78, 5) is 25.8. The summed E-state index contributed by atoms with van der Waals surface area (Å²) < 4.78 is 3.27. The van der Waals surface area contributed by atoms with Crippen LogP contribution in [0.1, 0.15) is 35.0 Å². The number of aromatic nitrogens is 4. The van der Waals surface area contributed by atoms with E-state index < -0.39 is 11.2 Å². The molecule has 1 N–H and O–H groups in total. The van der Waals surface area contributed by atoms with Gasteiger partial charge < -0.3 is 10.0 Å². The van der Waals surface area contributed by atoms with Gasteiger partial charge in [-0.25, -0.2) is 0 Å². The molecule has 170 valence electrons. The van der Waals surface area contributed by atoms with Crippen LogP contribution < -0.4 is 5.43 Å². The van der Waals surface area contributed by atoms with Crippen molar-refractivity contribution in [2.75, 3.05) is 6.54 Å². The van der Waals surface area contributed by atoms with Gasteiger partial charge in [0.05, 0.1) is 24.5 Å². The van der Waals surface area contributed by atoms with Crippen molar-refractivity contribution >= 4 is 16.8 Å². The zero-order valence-corrected chi connectivity index (χ0v) is 18.8. The SMILES string of the molecule is CCCc1ccccc1CN1CCn2ncc(=O)c(O)c2C1=O.Cn1ncc2ccccc21. The summed E-state index contributed by atoms with van der Waals surface area (Å²) in [7, 11) is 1.95. The van der Waals surface area contributed by atoms with E-state index >= 15 is 0 Å². The molecule has 8 nitrogen and oxygen atoms in total. The average molecular weight is 446 g/mol. The summed E-state index contributed by atoms with van der Waals surface area (Å²) in [6.45, 7) is 3.55. The van der Waals surface area contributed by atoms with Crippen molar-refractivity contribution in [2.45, 2.75) is 32.9 Å². The fourth-order valence-electron chi connectivity index (χ4n) is 4.01. The van der Waals surface area contributed by atoms with Crippen LogP contribution in [0.3, 0.4) is 0 Å². The van der Waals surface area contributed by atoms with Gasteiger partial charge in [0.15, 0.2) is 11.4 Å². The number of rotatable bonds is 4. The third-order valence-corrected chi connectivity index (χ3v) is 5.76. The lowest BCUT2D eigenvalue weighted by Crippen LogP contribution is -2.42. The number of fused-ring (bicyclic) bond motifs is 2. The average Bonchev–Trinajstić information content (AvgIpc) is 3.21. The molecule has 4 aromatic rings. The van der Waals surface area contributed by atoms with Gasteiger partial charge in [-0.2, -0.15) is 10.2 Å². The first-order valence-electron chi connectivity index (χ1n) is 11.0. The zero-order chi connectivity index (χ0) is 23.4. The van der Waals surface area contributed by atoms with Gasteiger partial charge in [0, 0.05) is 25.5 Å². The second-order valence-corrected chi connectivity index (χ2v) is 8.00. The van der Waals surface area contributed by atoms with E-state index in [4.69, 9.17) is 0 Å². The molecule has 0 saturated carbocycles. The molecule has 2 aromatic heterocycles. The quantitative estimate of drug-likeness (QED) is 0.521. The Hall–Kier alpha value is -3.94. The molecule has 1 amide bonds. The first kappa shape index (κ1) is 22.3. The van der Waals surface area contributed by atoms with Gasteiger partial charge >= 0.3 is 0 Å². The normalized spacial score (nSPS) is 12.9. The third kappa shape index (κ3) is 4.64. The summed E-state index contributed by atoms with van der Waals surface area (Å²) in [6, 6.07) is 16.2. The van der Waals surface area contributed by atoms with Crippen molar-refractivity contribution in [3.05, 3.63) is 88.0 Å². The molecule has 0 spiro atoms. The lowest BCUT2D eigenvalue weighted by atomic mass is 10.0. The van der Waals surface area contributed by atoms with Crippen molar-refractivity contribution in [2.24, 2.45) is 7.05 Å². The maximum atomic E-state index is 12.6. The monoisotopic (exact) mass is 445 g/mol. The topological polar surface area (TPSA) is 93.3 Å². The van der Waals surface area contributed by atoms with Gasteiger partial charge in [-0.05, 0) is 23.6 Å². The van der Waals surface area contributed by atoms with Crippen molar-refractivity contribution in [1.29, 1.82) is 0 Å². The molecule has 0 bridgehead atoms. The molecular weight excluding hydrogens is 418 g/mol. The predicted molar refractivity (Wildman–Crippen MR) is 126 cm³/mol. The molecule has 3 heterocycles. The van der Waals surface area contributed by atoms with Crippen molar-refractivity contribution in [1.82, 2.24) is 24.5 Å². The molecule has 1 aliphatic heterocycles. The smallest absolute Gasteiger partial charge is 0.276 e. The minimum absolute atomic E-state index is 0.0169.